The van der Waals surface area contributed by atoms with Crippen LogP contribution >= 0.6 is 34.4 Å². The SMILES string of the molecule is CCC1(I)N=C(N(C(C)C)C(C)C)SC1=NC. The molecular weight excluding hydrogens is 345 g/mol. The molecule has 1 aliphatic heterocycles. The molecule has 0 aliphatic carbocycles. The molecule has 1 rings (SSSR count). The maximum atomic E-state index is 4.90. The van der Waals surface area contributed by atoms with Crippen LogP contribution in [0.1, 0.15) is 41.0 Å². The van der Waals surface area contributed by atoms with Crippen molar-refractivity contribution in [2.75, 3.05) is 7.05 Å². The van der Waals surface area contributed by atoms with Gasteiger partial charge in [-0.25, -0.2) is 4.99 Å². The highest BCUT2D eigenvalue weighted by Crippen LogP contribution is 2.40. The topological polar surface area (TPSA) is 28.0 Å². The van der Waals surface area contributed by atoms with Gasteiger partial charge in [0.1, 0.15) is 5.04 Å². The molecule has 0 N–H and O–H groups in total. The standard InChI is InChI=1S/C12H22IN3S/c1-7-12(13)10(14-6)17-11(15-12)16(8(2)3)9(4)5/h8-9H,7H2,1-6H3. The van der Waals surface area contributed by atoms with Crippen LogP contribution in [-0.2, 0) is 0 Å². The number of thioether (sulfide) groups is 1. The first-order valence-corrected chi connectivity index (χ1v) is 7.97. The van der Waals surface area contributed by atoms with Crippen LogP contribution in [-0.4, -0.2) is 37.8 Å². The van der Waals surface area contributed by atoms with E-state index >= 15 is 0 Å². The summed E-state index contributed by atoms with van der Waals surface area (Å²) in [7, 11) is 1.86. The van der Waals surface area contributed by atoms with Crippen molar-refractivity contribution in [3.63, 3.8) is 0 Å². The Labute approximate surface area is 123 Å². The predicted octanol–water partition coefficient (Wildman–Crippen LogP) is 3.78. The highest BCUT2D eigenvalue weighted by molar-refractivity contribution is 14.1. The summed E-state index contributed by atoms with van der Waals surface area (Å²) in [5.41, 5.74) is 0. The van der Waals surface area contributed by atoms with Gasteiger partial charge in [-0.15, -0.1) is 0 Å². The minimum atomic E-state index is -0.144. The molecule has 0 saturated carbocycles. The fourth-order valence-corrected chi connectivity index (χ4v) is 4.29. The van der Waals surface area contributed by atoms with Gasteiger partial charge in [0, 0.05) is 19.1 Å². The van der Waals surface area contributed by atoms with Gasteiger partial charge >= 0.3 is 0 Å². The molecule has 0 aromatic heterocycles. The van der Waals surface area contributed by atoms with Crippen molar-refractivity contribution in [2.24, 2.45) is 9.98 Å². The number of nitrogens with zero attached hydrogens (tertiary/aromatic N) is 3. The lowest BCUT2D eigenvalue weighted by molar-refractivity contribution is 0.297. The summed E-state index contributed by atoms with van der Waals surface area (Å²) < 4.78 is -0.144. The van der Waals surface area contributed by atoms with E-state index in [0.29, 0.717) is 12.1 Å². The predicted molar refractivity (Wildman–Crippen MR) is 87.5 cm³/mol. The van der Waals surface area contributed by atoms with Crippen molar-refractivity contribution in [3.8, 4) is 0 Å². The van der Waals surface area contributed by atoms with Gasteiger partial charge in [0.25, 0.3) is 0 Å². The van der Waals surface area contributed by atoms with Gasteiger partial charge in [0.2, 0.25) is 0 Å². The Kier molecular flexibility index (Phi) is 5.31. The normalized spacial score (nSPS) is 27.1. The zero-order chi connectivity index (χ0) is 13.2. The Bertz CT molecular complexity index is 331. The summed E-state index contributed by atoms with van der Waals surface area (Å²) in [6, 6.07) is 0.935. The van der Waals surface area contributed by atoms with Crippen molar-refractivity contribution < 1.29 is 0 Å². The van der Waals surface area contributed by atoms with Crippen LogP contribution in [0, 0.1) is 0 Å². The van der Waals surface area contributed by atoms with E-state index in [1.807, 2.05) is 7.05 Å². The molecule has 0 spiro atoms. The third-order valence-electron chi connectivity index (χ3n) is 2.79. The van der Waals surface area contributed by atoms with E-state index < -0.39 is 0 Å². The van der Waals surface area contributed by atoms with E-state index in [1.54, 1.807) is 11.8 Å². The molecule has 98 valence electrons. The zero-order valence-corrected chi connectivity index (χ0v) is 14.5. The van der Waals surface area contributed by atoms with E-state index in [-0.39, 0.29) is 3.55 Å². The first-order valence-electron chi connectivity index (χ1n) is 6.08. The first kappa shape index (κ1) is 15.3. The number of halogens is 1. The van der Waals surface area contributed by atoms with Gasteiger partial charge in [0.05, 0.1) is 0 Å². The van der Waals surface area contributed by atoms with E-state index in [1.165, 1.54) is 0 Å². The number of aliphatic imine (C=N–C) groups is 2. The van der Waals surface area contributed by atoms with Crippen molar-refractivity contribution in [1.82, 2.24) is 4.90 Å². The van der Waals surface area contributed by atoms with Gasteiger partial charge in [0.15, 0.2) is 8.71 Å². The first-order chi connectivity index (χ1) is 7.85. The van der Waals surface area contributed by atoms with Crippen molar-refractivity contribution in [2.45, 2.75) is 56.7 Å². The molecule has 17 heavy (non-hydrogen) atoms. The summed E-state index contributed by atoms with van der Waals surface area (Å²) in [5, 5.41) is 2.24. The molecule has 0 bridgehead atoms. The average molecular weight is 367 g/mol. The molecule has 0 saturated heterocycles. The fourth-order valence-electron chi connectivity index (χ4n) is 1.98. The molecule has 0 radical (unpaired) electrons. The van der Waals surface area contributed by atoms with Gasteiger partial charge in [-0.05, 0) is 68.5 Å². The Balaban J connectivity index is 3.05. The van der Waals surface area contributed by atoms with E-state index in [9.17, 15) is 0 Å². The van der Waals surface area contributed by atoms with Crippen molar-refractivity contribution in [1.29, 1.82) is 0 Å². The molecule has 0 amide bonds. The van der Waals surface area contributed by atoms with Crippen LogP contribution in [0.3, 0.4) is 0 Å². The molecular formula is C12H22IN3S. The number of hydrogen-bond donors (Lipinski definition) is 0. The van der Waals surface area contributed by atoms with Crippen molar-refractivity contribution >= 4 is 44.6 Å². The number of alkyl halides is 1. The lowest BCUT2D eigenvalue weighted by Crippen LogP contribution is -2.40. The van der Waals surface area contributed by atoms with E-state index in [0.717, 1.165) is 16.6 Å². The Hall–Kier alpha value is 0.220. The molecule has 1 unspecified atom stereocenters. The van der Waals surface area contributed by atoms with Gasteiger partial charge < -0.3 is 4.90 Å². The summed E-state index contributed by atoms with van der Waals surface area (Å²) in [4.78, 5) is 11.7. The number of rotatable bonds is 3. The quantitative estimate of drug-likeness (QED) is 0.431. The molecule has 0 aromatic carbocycles. The lowest BCUT2D eigenvalue weighted by Gasteiger charge is -2.31. The van der Waals surface area contributed by atoms with Crippen LogP contribution < -0.4 is 0 Å². The second kappa shape index (κ2) is 5.91. The monoisotopic (exact) mass is 367 g/mol. The van der Waals surface area contributed by atoms with Crippen LogP contribution in [0.5, 0.6) is 0 Å². The van der Waals surface area contributed by atoms with E-state index in [2.05, 4.69) is 67.1 Å². The minimum absolute atomic E-state index is 0.144. The van der Waals surface area contributed by atoms with Crippen molar-refractivity contribution in [3.05, 3.63) is 0 Å². The summed E-state index contributed by atoms with van der Waals surface area (Å²) in [6.45, 7) is 11.0. The molecule has 5 heteroatoms. The highest BCUT2D eigenvalue weighted by atomic mass is 127. The van der Waals surface area contributed by atoms with Gasteiger partial charge in [-0.3, -0.25) is 4.99 Å². The molecule has 1 atom stereocenters. The average Bonchev–Trinajstić information content (AvgIpc) is 2.55. The number of amidine groups is 1. The zero-order valence-electron chi connectivity index (χ0n) is 11.5. The molecule has 3 nitrogen and oxygen atoms in total. The van der Waals surface area contributed by atoms with Gasteiger partial charge in [-0.1, -0.05) is 6.92 Å². The van der Waals surface area contributed by atoms with Crippen LogP contribution in [0.25, 0.3) is 0 Å². The maximum Gasteiger partial charge on any atom is 0.167 e. The Morgan fingerprint density at radius 2 is 1.88 bits per heavy atom. The third kappa shape index (κ3) is 3.16. The second-order valence-corrected chi connectivity index (χ2v) is 7.47. The maximum absolute atomic E-state index is 4.90. The van der Waals surface area contributed by atoms with Gasteiger partial charge in [-0.2, -0.15) is 0 Å². The smallest absolute Gasteiger partial charge is 0.167 e. The second-order valence-electron chi connectivity index (χ2n) is 4.73. The Morgan fingerprint density at radius 3 is 2.18 bits per heavy atom. The van der Waals surface area contributed by atoms with Crippen LogP contribution in [0.4, 0.5) is 0 Å². The summed E-state index contributed by atoms with van der Waals surface area (Å²) >= 11 is 4.15. The molecule has 1 aliphatic rings. The fraction of sp³-hybridized carbons (Fsp3) is 0.833. The highest BCUT2D eigenvalue weighted by Gasteiger charge is 2.40. The Morgan fingerprint density at radius 1 is 1.35 bits per heavy atom. The summed E-state index contributed by atoms with van der Waals surface area (Å²) in [5.74, 6) is 0. The van der Waals surface area contributed by atoms with E-state index in [4.69, 9.17) is 4.99 Å². The molecule has 1 heterocycles. The van der Waals surface area contributed by atoms with Crippen LogP contribution in [0.2, 0.25) is 0 Å². The van der Waals surface area contributed by atoms with Crippen LogP contribution in [0.15, 0.2) is 9.98 Å². The molecule has 0 fully saturated rings. The minimum Gasteiger partial charge on any atom is -0.346 e. The molecule has 0 aromatic rings. The lowest BCUT2D eigenvalue weighted by atomic mass is 10.2. The largest absolute Gasteiger partial charge is 0.346 e. The third-order valence-corrected chi connectivity index (χ3v) is 5.87. The summed E-state index contributed by atoms with van der Waals surface area (Å²) in [6.07, 6.45) is 0.987. The number of hydrogen-bond acceptors (Lipinski definition) is 4.